The maximum Gasteiger partial charge on any atom is 0.310 e. The highest BCUT2D eigenvalue weighted by atomic mass is 16.5. The Bertz CT molecular complexity index is 570. The van der Waals surface area contributed by atoms with Gasteiger partial charge < -0.3 is 4.74 Å². The largest absolute Gasteiger partial charge is 0.458 e. The van der Waals surface area contributed by atoms with Crippen LogP contribution in [0.15, 0.2) is 54.6 Å². The van der Waals surface area contributed by atoms with Gasteiger partial charge in [0.1, 0.15) is 6.10 Å². The number of ether oxygens (including phenoxy) is 1. The van der Waals surface area contributed by atoms with Crippen molar-refractivity contribution >= 4 is 5.97 Å². The molecular weight excluding hydrogens is 260 g/mol. The minimum absolute atomic E-state index is 0.193. The Morgan fingerprint density at radius 1 is 0.905 bits per heavy atom. The molecule has 0 bridgehead atoms. The zero-order valence-electron chi connectivity index (χ0n) is 12.9. The molecule has 0 radical (unpaired) electrons. The van der Waals surface area contributed by atoms with E-state index in [0.29, 0.717) is 12.3 Å². The van der Waals surface area contributed by atoms with Gasteiger partial charge in [-0.15, -0.1) is 0 Å². The first kappa shape index (κ1) is 15.3. The molecule has 0 aliphatic rings. The Labute approximate surface area is 126 Å². The fourth-order valence-electron chi connectivity index (χ4n) is 2.22. The van der Waals surface area contributed by atoms with Gasteiger partial charge in [-0.2, -0.15) is 0 Å². The molecule has 2 rings (SSSR count). The zero-order valence-corrected chi connectivity index (χ0v) is 12.9. The van der Waals surface area contributed by atoms with Crippen LogP contribution in [0.1, 0.15) is 49.5 Å². The van der Waals surface area contributed by atoms with Crippen LogP contribution in [-0.4, -0.2) is 5.97 Å². The van der Waals surface area contributed by atoms with Crippen LogP contribution in [0.4, 0.5) is 0 Å². The minimum atomic E-state index is -0.220. The van der Waals surface area contributed by atoms with Crippen LogP contribution in [0, 0.1) is 0 Å². The second-order valence-corrected chi connectivity index (χ2v) is 5.62. The number of hydrogen-bond donors (Lipinski definition) is 0. The number of benzene rings is 2. The van der Waals surface area contributed by atoms with Crippen molar-refractivity contribution < 1.29 is 9.53 Å². The standard InChI is InChI=1S/C19H22O2/c1-14(2)17-9-11-18(12-10-17)15(3)21-19(20)13-16-7-5-4-6-8-16/h4-12,14-15H,13H2,1-3H3/t15-/m0/s1. The van der Waals surface area contributed by atoms with E-state index in [-0.39, 0.29) is 12.1 Å². The van der Waals surface area contributed by atoms with Crippen LogP contribution in [0.25, 0.3) is 0 Å². The molecule has 0 amide bonds. The molecule has 2 aromatic carbocycles. The highest BCUT2D eigenvalue weighted by Crippen LogP contribution is 2.21. The van der Waals surface area contributed by atoms with Gasteiger partial charge in [0.15, 0.2) is 0 Å². The summed E-state index contributed by atoms with van der Waals surface area (Å²) in [6, 6.07) is 17.9. The van der Waals surface area contributed by atoms with Crippen molar-refractivity contribution in [3.63, 3.8) is 0 Å². The lowest BCUT2D eigenvalue weighted by Gasteiger charge is -2.15. The molecule has 2 aromatic rings. The molecular formula is C19H22O2. The number of carbonyl (C=O) groups is 1. The van der Waals surface area contributed by atoms with Crippen molar-refractivity contribution in [2.24, 2.45) is 0 Å². The molecule has 2 nitrogen and oxygen atoms in total. The lowest BCUT2D eigenvalue weighted by molar-refractivity contribution is -0.147. The first-order valence-corrected chi connectivity index (χ1v) is 7.39. The summed E-state index contributed by atoms with van der Waals surface area (Å²) in [6.07, 6.45) is 0.0948. The minimum Gasteiger partial charge on any atom is -0.458 e. The smallest absolute Gasteiger partial charge is 0.310 e. The van der Waals surface area contributed by atoms with Gasteiger partial charge in [0.25, 0.3) is 0 Å². The quantitative estimate of drug-likeness (QED) is 0.746. The molecule has 0 fully saturated rings. The lowest BCUT2D eigenvalue weighted by atomic mass is 10.0. The van der Waals surface area contributed by atoms with E-state index in [1.54, 1.807) is 0 Å². The fourth-order valence-corrected chi connectivity index (χ4v) is 2.22. The van der Waals surface area contributed by atoms with Crippen molar-refractivity contribution in [2.75, 3.05) is 0 Å². The zero-order chi connectivity index (χ0) is 15.2. The number of esters is 1. The van der Waals surface area contributed by atoms with Crippen molar-refractivity contribution in [1.29, 1.82) is 0 Å². The molecule has 2 heteroatoms. The van der Waals surface area contributed by atoms with E-state index < -0.39 is 0 Å². The van der Waals surface area contributed by atoms with Gasteiger partial charge in [-0.25, -0.2) is 0 Å². The second kappa shape index (κ2) is 7.07. The van der Waals surface area contributed by atoms with E-state index in [1.807, 2.05) is 49.4 Å². The van der Waals surface area contributed by atoms with Crippen LogP contribution in [0.2, 0.25) is 0 Å². The third-order valence-corrected chi connectivity index (χ3v) is 3.57. The molecule has 0 saturated heterocycles. The summed E-state index contributed by atoms with van der Waals surface area (Å²) >= 11 is 0. The first-order chi connectivity index (χ1) is 10.1. The number of hydrogen-bond acceptors (Lipinski definition) is 2. The van der Waals surface area contributed by atoms with Crippen LogP contribution >= 0.6 is 0 Å². The molecule has 0 N–H and O–H groups in total. The molecule has 0 aliphatic carbocycles. The van der Waals surface area contributed by atoms with Gasteiger partial charge in [0.2, 0.25) is 0 Å². The second-order valence-electron chi connectivity index (χ2n) is 5.62. The number of rotatable bonds is 5. The third-order valence-electron chi connectivity index (χ3n) is 3.57. The maximum absolute atomic E-state index is 11.9. The lowest BCUT2D eigenvalue weighted by Crippen LogP contribution is -2.11. The van der Waals surface area contributed by atoms with E-state index in [0.717, 1.165) is 11.1 Å². The Hall–Kier alpha value is -2.09. The van der Waals surface area contributed by atoms with E-state index in [2.05, 4.69) is 26.0 Å². The monoisotopic (exact) mass is 282 g/mol. The SMILES string of the molecule is CC(C)c1ccc([C@H](C)OC(=O)Cc2ccccc2)cc1. The summed E-state index contributed by atoms with van der Waals surface area (Å²) in [5.41, 5.74) is 3.30. The highest BCUT2D eigenvalue weighted by molar-refractivity contribution is 5.72. The third kappa shape index (κ3) is 4.45. The fraction of sp³-hybridized carbons (Fsp3) is 0.316. The van der Waals surface area contributed by atoms with E-state index >= 15 is 0 Å². The summed E-state index contributed by atoms with van der Waals surface area (Å²) in [7, 11) is 0. The Morgan fingerprint density at radius 2 is 1.48 bits per heavy atom. The Kier molecular flexibility index (Phi) is 5.15. The van der Waals surface area contributed by atoms with E-state index in [1.165, 1.54) is 5.56 Å². The van der Waals surface area contributed by atoms with Crippen LogP contribution in [0.3, 0.4) is 0 Å². The molecule has 1 atom stereocenters. The van der Waals surface area contributed by atoms with Crippen molar-refractivity contribution in [3.8, 4) is 0 Å². The molecule has 0 heterocycles. The van der Waals surface area contributed by atoms with Crippen molar-refractivity contribution in [3.05, 3.63) is 71.3 Å². The summed E-state index contributed by atoms with van der Waals surface area (Å²) in [5.74, 6) is 0.316. The molecule has 0 saturated carbocycles. The summed E-state index contributed by atoms with van der Waals surface area (Å²) in [5, 5.41) is 0. The van der Waals surface area contributed by atoms with Gasteiger partial charge in [-0.05, 0) is 29.5 Å². The average molecular weight is 282 g/mol. The molecule has 0 aliphatic heterocycles. The van der Waals surface area contributed by atoms with Crippen LogP contribution in [0.5, 0.6) is 0 Å². The van der Waals surface area contributed by atoms with Gasteiger partial charge in [0.05, 0.1) is 6.42 Å². The van der Waals surface area contributed by atoms with Gasteiger partial charge >= 0.3 is 5.97 Å². The topological polar surface area (TPSA) is 26.3 Å². The van der Waals surface area contributed by atoms with Gasteiger partial charge in [-0.3, -0.25) is 4.79 Å². The predicted octanol–water partition coefficient (Wildman–Crippen LogP) is 4.66. The van der Waals surface area contributed by atoms with Gasteiger partial charge in [-0.1, -0.05) is 68.4 Å². The predicted molar refractivity (Wildman–Crippen MR) is 85.2 cm³/mol. The number of carbonyl (C=O) groups excluding carboxylic acids is 1. The summed E-state index contributed by atoms with van der Waals surface area (Å²) in [4.78, 5) is 11.9. The van der Waals surface area contributed by atoms with E-state index in [9.17, 15) is 4.79 Å². The molecule has 0 aromatic heterocycles. The Balaban J connectivity index is 1.94. The van der Waals surface area contributed by atoms with Crippen LogP contribution < -0.4 is 0 Å². The first-order valence-electron chi connectivity index (χ1n) is 7.39. The molecule has 0 unspecified atom stereocenters. The van der Waals surface area contributed by atoms with Crippen molar-refractivity contribution in [1.82, 2.24) is 0 Å². The average Bonchev–Trinajstić information content (AvgIpc) is 2.48. The molecule has 110 valence electrons. The highest BCUT2D eigenvalue weighted by Gasteiger charge is 2.12. The maximum atomic E-state index is 11.9. The Morgan fingerprint density at radius 3 is 2.05 bits per heavy atom. The molecule has 0 spiro atoms. The summed E-state index contributed by atoms with van der Waals surface area (Å²) in [6.45, 7) is 6.24. The van der Waals surface area contributed by atoms with Crippen molar-refractivity contribution in [2.45, 2.75) is 39.2 Å². The van der Waals surface area contributed by atoms with Gasteiger partial charge in [0, 0.05) is 0 Å². The van der Waals surface area contributed by atoms with E-state index in [4.69, 9.17) is 4.74 Å². The normalized spacial score (nSPS) is 12.2. The summed E-state index contributed by atoms with van der Waals surface area (Å²) < 4.78 is 5.50. The van der Waals surface area contributed by atoms with Crippen LogP contribution in [-0.2, 0) is 16.0 Å². The molecule has 21 heavy (non-hydrogen) atoms.